The number of carboxylic acid groups (broad SMARTS) is 2. The highest BCUT2D eigenvalue weighted by Gasteiger charge is 2.27. The molecule has 1 fully saturated rings. The average molecular weight is 312 g/mol. The molecular formula is C14H20N2O4S. The van der Waals surface area contributed by atoms with Crippen molar-refractivity contribution in [2.24, 2.45) is 5.92 Å². The number of piperidine rings is 1. The van der Waals surface area contributed by atoms with Crippen molar-refractivity contribution in [3.63, 3.8) is 0 Å². The zero-order valence-corrected chi connectivity index (χ0v) is 13.0. The summed E-state index contributed by atoms with van der Waals surface area (Å²) in [6.07, 6.45) is 1.63. The third-order valence-corrected chi connectivity index (χ3v) is 5.19. The predicted molar refractivity (Wildman–Crippen MR) is 79.0 cm³/mol. The van der Waals surface area contributed by atoms with Crippen molar-refractivity contribution in [2.75, 3.05) is 19.6 Å². The maximum atomic E-state index is 11.1. The van der Waals surface area contributed by atoms with Crippen LogP contribution in [0.4, 0.5) is 0 Å². The second-order valence-corrected chi connectivity index (χ2v) is 6.64. The van der Waals surface area contributed by atoms with E-state index in [1.165, 1.54) is 11.3 Å². The first-order chi connectivity index (χ1) is 9.88. The quantitative estimate of drug-likeness (QED) is 0.864. The summed E-state index contributed by atoms with van der Waals surface area (Å²) < 4.78 is 0. The number of thiazole rings is 1. The molecule has 1 aliphatic heterocycles. The molecule has 2 atom stereocenters. The third kappa shape index (κ3) is 3.79. The summed E-state index contributed by atoms with van der Waals surface area (Å²) in [5, 5.41) is 19.0. The number of nitrogens with zero attached hydrogens (tertiary/aromatic N) is 2. The minimum Gasteiger partial charge on any atom is -0.481 e. The highest BCUT2D eigenvalue weighted by atomic mass is 32.1. The first-order valence-electron chi connectivity index (χ1n) is 7.04. The van der Waals surface area contributed by atoms with Crippen molar-refractivity contribution in [1.82, 2.24) is 9.88 Å². The molecule has 2 unspecified atom stereocenters. The number of aryl methyl sites for hydroxylation is 1. The molecule has 1 aliphatic rings. The Morgan fingerprint density at radius 2 is 2.19 bits per heavy atom. The van der Waals surface area contributed by atoms with Gasteiger partial charge < -0.3 is 15.1 Å². The Balaban J connectivity index is 2.00. The lowest BCUT2D eigenvalue weighted by Crippen LogP contribution is -2.40. The minimum absolute atomic E-state index is 0.106. The van der Waals surface area contributed by atoms with Gasteiger partial charge in [-0.2, -0.15) is 0 Å². The Morgan fingerprint density at radius 1 is 1.48 bits per heavy atom. The van der Waals surface area contributed by atoms with Crippen molar-refractivity contribution in [3.8, 4) is 0 Å². The summed E-state index contributed by atoms with van der Waals surface area (Å²) in [4.78, 5) is 28.9. The number of likely N-dealkylation sites (tertiary alicyclic amines) is 1. The van der Waals surface area contributed by atoms with E-state index < -0.39 is 11.9 Å². The van der Waals surface area contributed by atoms with E-state index in [4.69, 9.17) is 10.2 Å². The predicted octanol–water partition coefficient (Wildman–Crippen LogP) is 2.05. The van der Waals surface area contributed by atoms with Gasteiger partial charge in [0.2, 0.25) is 0 Å². The van der Waals surface area contributed by atoms with Gasteiger partial charge in [-0.15, -0.1) is 11.3 Å². The first-order valence-corrected chi connectivity index (χ1v) is 7.86. The molecule has 2 rings (SSSR count). The molecule has 116 valence electrons. The van der Waals surface area contributed by atoms with E-state index in [2.05, 4.69) is 9.88 Å². The van der Waals surface area contributed by atoms with Gasteiger partial charge in [0.1, 0.15) is 4.88 Å². The Hall–Kier alpha value is -1.47. The monoisotopic (exact) mass is 312 g/mol. The Labute approximate surface area is 127 Å². The Morgan fingerprint density at radius 3 is 2.76 bits per heavy atom. The Bertz CT molecular complexity index is 543. The van der Waals surface area contributed by atoms with Crippen molar-refractivity contribution in [3.05, 3.63) is 15.6 Å². The van der Waals surface area contributed by atoms with E-state index >= 15 is 0 Å². The van der Waals surface area contributed by atoms with E-state index in [0.29, 0.717) is 17.1 Å². The highest BCUT2D eigenvalue weighted by molar-refractivity contribution is 7.13. The molecule has 0 bridgehead atoms. The molecule has 0 aromatic carbocycles. The van der Waals surface area contributed by atoms with E-state index in [9.17, 15) is 9.59 Å². The van der Waals surface area contributed by atoms with Crippen LogP contribution in [0.5, 0.6) is 0 Å². The van der Waals surface area contributed by atoms with Crippen LogP contribution in [0.3, 0.4) is 0 Å². The summed E-state index contributed by atoms with van der Waals surface area (Å²) >= 11 is 1.22. The van der Waals surface area contributed by atoms with Crippen LogP contribution in [-0.2, 0) is 4.79 Å². The molecule has 1 aromatic heterocycles. The molecular weight excluding hydrogens is 292 g/mol. The van der Waals surface area contributed by atoms with Crippen LogP contribution in [0.15, 0.2) is 0 Å². The zero-order valence-electron chi connectivity index (χ0n) is 12.2. The topological polar surface area (TPSA) is 90.7 Å². The molecule has 0 amide bonds. The van der Waals surface area contributed by atoms with Crippen LogP contribution in [0.1, 0.15) is 46.1 Å². The van der Waals surface area contributed by atoms with Gasteiger partial charge in [-0.3, -0.25) is 4.79 Å². The molecule has 1 aromatic rings. The SMILES string of the molecule is Cc1nc(C(C)CN2CCCC(C(=O)O)C2)sc1C(=O)O. The second-order valence-electron chi connectivity index (χ2n) is 5.61. The number of carbonyl (C=O) groups is 2. The van der Waals surface area contributed by atoms with Crippen molar-refractivity contribution in [1.29, 1.82) is 0 Å². The average Bonchev–Trinajstić information content (AvgIpc) is 2.81. The maximum Gasteiger partial charge on any atom is 0.347 e. The van der Waals surface area contributed by atoms with Gasteiger partial charge in [0.25, 0.3) is 0 Å². The molecule has 0 saturated carbocycles. The zero-order chi connectivity index (χ0) is 15.6. The van der Waals surface area contributed by atoms with Crippen molar-refractivity contribution < 1.29 is 19.8 Å². The summed E-state index contributed by atoms with van der Waals surface area (Å²) in [5.41, 5.74) is 0.552. The van der Waals surface area contributed by atoms with Gasteiger partial charge in [0.15, 0.2) is 0 Å². The van der Waals surface area contributed by atoms with Gasteiger partial charge in [0.05, 0.1) is 16.6 Å². The molecule has 7 heteroatoms. The molecule has 21 heavy (non-hydrogen) atoms. The molecule has 0 aliphatic carbocycles. The number of hydrogen-bond donors (Lipinski definition) is 2. The van der Waals surface area contributed by atoms with Crippen LogP contribution >= 0.6 is 11.3 Å². The third-order valence-electron chi connectivity index (χ3n) is 3.82. The molecule has 0 spiro atoms. The number of aromatic nitrogens is 1. The number of rotatable bonds is 5. The van der Waals surface area contributed by atoms with Gasteiger partial charge >= 0.3 is 11.9 Å². The second kappa shape index (κ2) is 6.53. The van der Waals surface area contributed by atoms with Gasteiger partial charge in [-0.05, 0) is 26.3 Å². The van der Waals surface area contributed by atoms with E-state index in [1.807, 2.05) is 6.92 Å². The lowest BCUT2D eigenvalue weighted by atomic mass is 9.97. The summed E-state index contributed by atoms with van der Waals surface area (Å²) in [7, 11) is 0. The van der Waals surface area contributed by atoms with Gasteiger partial charge in [0, 0.05) is 19.0 Å². The van der Waals surface area contributed by atoms with Crippen LogP contribution in [-0.4, -0.2) is 51.7 Å². The maximum absolute atomic E-state index is 11.1. The van der Waals surface area contributed by atoms with E-state index in [1.54, 1.807) is 6.92 Å². The smallest absolute Gasteiger partial charge is 0.347 e. The number of aliphatic carboxylic acids is 1. The number of carboxylic acids is 2. The van der Waals surface area contributed by atoms with Crippen LogP contribution in [0.25, 0.3) is 0 Å². The van der Waals surface area contributed by atoms with Crippen LogP contribution < -0.4 is 0 Å². The highest BCUT2D eigenvalue weighted by Crippen LogP contribution is 2.27. The van der Waals surface area contributed by atoms with Crippen molar-refractivity contribution in [2.45, 2.75) is 32.6 Å². The minimum atomic E-state index is -0.938. The standard InChI is InChI=1S/C14H20N2O4S/c1-8(12-15-9(2)11(21-12)14(19)20)6-16-5-3-4-10(7-16)13(17)18/h8,10H,3-7H2,1-2H3,(H,17,18)(H,19,20). The van der Waals surface area contributed by atoms with Crippen molar-refractivity contribution >= 4 is 23.3 Å². The van der Waals surface area contributed by atoms with Gasteiger partial charge in [-0.1, -0.05) is 6.92 Å². The molecule has 0 radical (unpaired) electrons. The number of aromatic carboxylic acids is 1. The molecule has 1 saturated heterocycles. The largest absolute Gasteiger partial charge is 0.481 e. The van der Waals surface area contributed by atoms with Crippen LogP contribution in [0, 0.1) is 12.8 Å². The molecule has 2 heterocycles. The normalized spacial score (nSPS) is 21.1. The lowest BCUT2D eigenvalue weighted by Gasteiger charge is -2.32. The first kappa shape index (κ1) is 15.9. The van der Waals surface area contributed by atoms with E-state index in [0.717, 1.165) is 30.9 Å². The lowest BCUT2D eigenvalue weighted by molar-refractivity contribution is -0.143. The van der Waals surface area contributed by atoms with E-state index in [-0.39, 0.29) is 11.8 Å². The molecule has 6 nitrogen and oxygen atoms in total. The fraction of sp³-hybridized carbons (Fsp3) is 0.643. The molecule has 2 N–H and O–H groups in total. The summed E-state index contributed by atoms with van der Waals surface area (Å²) in [6, 6.07) is 0. The van der Waals surface area contributed by atoms with Gasteiger partial charge in [-0.25, -0.2) is 9.78 Å². The van der Waals surface area contributed by atoms with Crippen LogP contribution in [0.2, 0.25) is 0 Å². The summed E-state index contributed by atoms with van der Waals surface area (Å²) in [6.45, 7) is 5.89. The Kier molecular flexibility index (Phi) is 4.95. The summed E-state index contributed by atoms with van der Waals surface area (Å²) in [5.74, 6) is -1.86. The number of hydrogen-bond acceptors (Lipinski definition) is 5. The fourth-order valence-electron chi connectivity index (χ4n) is 2.71. The fourth-order valence-corrected chi connectivity index (χ4v) is 3.66.